The number of hydrogen-bond acceptors (Lipinski definition) is 1. The van der Waals surface area contributed by atoms with Crippen molar-refractivity contribution in [1.29, 1.82) is 0 Å². The number of alkyl halides is 1. The summed E-state index contributed by atoms with van der Waals surface area (Å²) in [6.45, 7) is 0. The fourth-order valence-electron chi connectivity index (χ4n) is 0.467. The third-order valence-corrected chi connectivity index (χ3v) is 3.39. The number of hydrogen-bond donors (Lipinski definition) is 0. The zero-order valence-corrected chi connectivity index (χ0v) is 8.32. The van der Waals surface area contributed by atoms with Gasteiger partial charge in [-0.2, -0.15) is 0 Å². The molecule has 9 heavy (non-hydrogen) atoms. The standard InChI is InChI=1S/C5H3Br2FS/c6-2-4-3(8)1-5(7)9-4/h1H,2H2. The van der Waals surface area contributed by atoms with E-state index in [1.54, 1.807) is 0 Å². The number of thiophene rings is 1. The molecule has 50 valence electrons. The molecule has 0 aliphatic heterocycles. The Labute approximate surface area is 73.3 Å². The Balaban J connectivity index is 3.01. The van der Waals surface area contributed by atoms with Gasteiger partial charge in [-0.25, -0.2) is 4.39 Å². The normalized spacial score (nSPS) is 10.1. The average Bonchev–Trinajstić information content (AvgIpc) is 2.10. The molecule has 0 bridgehead atoms. The molecule has 0 amide bonds. The second-order valence-electron chi connectivity index (χ2n) is 1.46. The van der Waals surface area contributed by atoms with E-state index in [2.05, 4.69) is 31.9 Å². The zero-order chi connectivity index (χ0) is 6.85. The van der Waals surface area contributed by atoms with Crippen LogP contribution in [-0.4, -0.2) is 0 Å². The van der Waals surface area contributed by atoms with Crippen molar-refractivity contribution in [3.05, 3.63) is 20.5 Å². The van der Waals surface area contributed by atoms with Gasteiger partial charge in [-0.3, -0.25) is 0 Å². The van der Waals surface area contributed by atoms with Crippen LogP contribution >= 0.6 is 43.2 Å². The molecule has 0 fully saturated rings. The molecule has 4 heteroatoms. The van der Waals surface area contributed by atoms with E-state index >= 15 is 0 Å². The van der Waals surface area contributed by atoms with Crippen LogP contribution in [0.2, 0.25) is 0 Å². The minimum atomic E-state index is -0.135. The van der Waals surface area contributed by atoms with Gasteiger partial charge in [-0.15, -0.1) is 11.3 Å². The first-order valence-corrected chi connectivity index (χ1v) is 4.97. The van der Waals surface area contributed by atoms with Crippen LogP contribution in [0.4, 0.5) is 4.39 Å². The first kappa shape index (κ1) is 7.69. The predicted octanol–water partition coefficient (Wildman–Crippen LogP) is 3.54. The Hall–Kier alpha value is 0.590. The fraction of sp³-hybridized carbons (Fsp3) is 0.200. The van der Waals surface area contributed by atoms with Gasteiger partial charge in [-0.05, 0) is 22.0 Å². The first-order chi connectivity index (χ1) is 4.24. The Morgan fingerprint density at radius 1 is 1.67 bits per heavy atom. The van der Waals surface area contributed by atoms with Gasteiger partial charge in [0, 0.05) is 5.33 Å². The maximum atomic E-state index is 12.6. The molecule has 0 nitrogen and oxygen atoms in total. The van der Waals surface area contributed by atoms with Gasteiger partial charge in [0.1, 0.15) is 5.82 Å². The van der Waals surface area contributed by atoms with Crippen LogP contribution in [0.5, 0.6) is 0 Å². The lowest BCUT2D eigenvalue weighted by molar-refractivity contribution is 0.624. The van der Waals surface area contributed by atoms with E-state index in [4.69, 9.17) is 0 Å². The summed E-state index contributed by atoms with van der Waals surface area (Å²) in [5.41, 5.74) is 0. The lowest BCUT2D eigenvalue weighted by Crippen LogP contribution is -1.70. The molecule has 1 aromatic rings. The third kappa shape index (κ3) is 1.75. The highest BCUT2D eigenvalue weighted by Gasteiger charge is 2.03. The van der Waals surface area contributed by atoms with Crippen LogP contribution in [-0.2, 0) is 5.33 Å². The third-order valence-electron chi connectivity index (χ3n) is 0.849. The summed E-state index contributed by atoms with van der Waals surface area (Å²) in [4.78, 5) is 0.738. The van der Waals surface area contributed by atoms with Crippen molar-refractivity contribution in [3.8, 4) is 0 Å². The number of rotatable bonds is 1. The van der Waals surface area contributed by atoms with E-state index in [9.17, 15) is 4.39 Å². The first-order valence-electron chi connectivity index (χ1n) is 2.23. The van der Waals surface area contributed by atoms with E-state index in [0.717, 1.165) is 8.66 Å². The zero-order valence-electron chi connectivity index (χ0n) is 4.33. The van der Waals surface area contributed by atoms with Crippen molar-refractivity contribution in [2.45, 2.75) is 5.33 Å². The largest absolute Gasteiger partial charge is 0.206 e. The molecule has 0 aromatic carbocycles. The monoisotopic (exact) mass is 272 g/mol. The molecular formula is C5H3Br2FS. The Morgan fingerprint density at radius 3 is 2.56 bits per heavy atom. The van der Waals surface area contributed by atoms with Crippen molar-refractivity contribution >= 4 is 43.2 Å². The lowest BCUT2D eigenvalue weighted by atomic mass is 10.5. The van der Waals surface area contributed by atoms with Gasteiger partial charge < -0.3 is 0 Å². The molecule has 0 atom stereocenters. The van der Waals surface area contributed by atoms with Gasteiger partial charge >= 0.3 is 0 Å². The van der Waals surface area contributed by atoms with Crippen LogP contribution in [0.3, 0.4) is 0 Å². The SMILES string of the molecule is Fc1cc(Br)sc1CBr. The van der Waals surface area contributed by atoms with Gasteiger partial charge in [0.25, 0.3) is 0 Å². The van der Waals surface area contributed by atoms with E-state index < -0.39 is 0 Å². The Kier molecular flexibility index (Phi) is 2.67. The van der Waals surface area contributed by atoms with Crippen LogP contribution in [0.1, 0.15) is 4.88 Å². The van der Waals surface area contributed by atoms with Crippen LogP contribution in [0.15, 0.2) is 9.85 Å². The summed E-state index contributed by atoms with van der Waals surface area (Å²) in [7, 11) is 0. The fourth-order valence-corrected chi connectivity index (χ4v) is 2.47. The highest BCUT2D eigenvalue weighted by Crippen LogP contribution is 2.27. The highest BCUT2D eigenvalue weighted by molar-refractivity contribution is 9.11. The summed E-state index contributed by atoms with van der Waals surface area (Å²) in [6.07, 6.45) is 0. The van der Waals surface area contributed by atoms with E-state index in [0.29, 0.717) is 5.33 Å². The second kappa shape index (κ2) is 3.12. The molecule has 0 radical (unpaired) electrons. The average molecular weight is 274 g/mol. The topological polar surface area (TPSA) is 0 Å². The highest BCUT2D eigenvalue weighted by atomic mass is 79.9. The molecular weight excluding hydrogens is 271 g/mol. The molecule has 1 heterocycles. The molecule has 0 aliphatic rings. The van der Waals surface area contributed by atoms with Crippen molar-refractivity contribution in [1.82, 2.24) is 0 Å². The smallest absolute Gasteiger partial charge is 0.139 e. The second-order valence-corrected chi connectivity index (χ2v) is 4.53. The van der Waals surface area contributed by atoms with Crippen molar-refractivity contribution in [3.63, 3.8) is 0 Å². The van der Waals surface area contributed by atoms with Gasteiger partial charge in [-0.1, -0.05) is 15.9 Å². The molecule has 1 rings (SSSR count). The van der Waals surface area contributed by atoms with E-state index in [1.165, 1.54) is 17.4 Å². The summed E-state index contributed by atoms with van der Waals surface area (Å²) in [6, 6.07) is 1.47. The number of halogens is 3. The molecule has 0 aliphatic carbocycles. The summed E-state index contributed by atoms with van der Waals surface area (Å²) in [5.74, 6) is -0.135. The van der Waals surface area contributed by atoms with Gasteiger partial charge in [0.05, 0.1) is 8.66 Å². The molecule has 0 saturated carbocycles. The van der Waals surface area contributed by atoms with Crippen molar-refractivity contribution < 1.29 is 4.39 Å². The summed E-state index contributed by atoms with van der Waals surface area (Å²) < 4.78 is 13.4. The quantitative estimate of drug-likeness (QED) is 0.687. The summed E-state index contributed by atoms with van der Waals surface area (Å²) in [5, 5.41) is 0.592. The van der Waals surface area contributed by atoms with Gasteiger partial charge in [0.15, 0.2) is 0 Å². The maximum absolute atomic E-state index is 12.6. The molecule has 0 saturated heterocycles. The minimum absolute atomic E-state index is 0.135. The predicted molar refractivity (Wildman–Crippen MR) is 44.6 cm³/mol. The van der Waals surface area contributed by atoms with Crippen LogP contribution < -0.4 is 0 Å². The van der Waals surface area contributed by atoms with Crippen molar-refractivity contribution in [2.75, 3.05) is 0 Å². The lowest BCUT2D eigenvalue weighted by Gasteiger charge is -1.82. The Morgan fingerprint density at radius 2 is 2.33 bits per heavy atom. The molecule has 1 aromatic heterocycles. The van der Waals surface area contributed by atoms with Crippen LogP contribution in [0, 0.1) is 5.82 Å². The van der Waals surface area contributed by atoms with Crippen LogP contribution in [0.25, 0.3) is 0 Å². The minimum Gasteiger partial charge on any atom is -0.206 e. The Bertz CT molecular complexity index is 209. The van der Waals surface area contributed by atoms with Crippen molar-refractivity contribution in [2.24, 2.45) is 0 Å². The molecule has 0 N–H and O–H groups in total. The molecule has 0 unspecified atom stereocenters. The van der Waals surface area contributed by atoms with E-state index in [-0.39, 0.29) is 5.82 Å². The van der Waals surface area contributed by atoms with Gasteiger partial charge in [0.2, 0.25) is 0 Å². The summed E-state index contributed by atoms with van der Waals surface area (Å²) >= 11 is 7.76. The molecule has 0 spiro atoms. The maximum Gasteiger partial charge on any atom is 0.139 e. The van der Waals surface area contributed by atoms with E-state index in [1.807, 2.05) is 0 Å².